The highest BCUT2D eigenvalue weighted by molar-refractivity contribution is 5.22. The predicted molar refractivity (Wildman–Crippen MR) is 58.8 cm³/mol. The average Bonchev–Trinajstić information content (AvgIpc) is 2.15. The molecule has 2 atom stereocenters. The molecule has 0 spiro atoms. The van der Waals surface area contributed by atoms with E-state index in [0.717, 1.165) is 6.54 Å². The molecule has 1 nitrogen and oxygen atoms in total. The zero-order chi connectivity index (χ0) is 9.68. The van der Waals surface area contributed by atoms with Crippen molar-refractivity contribution in [2.24, 2.45) is 5.92 Å². The van der Waals surface area contributed by atoms with Gasteiger partial charge in [0.05, 0.1) is 0 Å². The van der Waals surface area contributed by atoms with Gasteiger partial charge in [-0.15, -0.1) is 0 Å². The molecule has 13 heavy (non-hydrogen) atoms. The molecule has 0 saturated carbocycles. The second-order valence-corrected chi connectivity index (χ2v) is 3.95. The van der Waals surface area contributed by atoms with Crippen molar-refractivity contribution in [3.8, 4) is 0 Å². The van der Waals surface area contributed by atoms with Crippen molar-refractivity contribution in [2.45, 2.75) is 39.7 Å². The highest BCUT2D eigenvalue weighted by atomic mass is 14.9. The summed E-state index contributed by atoms with van der Waals surface area (Å²) in [5.74, 6) is 0.690. The minimum Gasteiger partial charge on any atom is -0.314 e. The highest BCUT2D eigenvalue weighted by Gasteiger charge is 2.14. The third kappa shape index (κ3) is 3.35. The Morgan fingerprint density at radius 3 is 2.92 bits per heavy atom. The third-order valence-corrected chi connectivity index (χ3v) is 2.68. The number of nitrogens with one attached hydrogen (secondary N) is 1. The minimum atomic E-state index is 0.612. The number of allylic oxidation sites excluding steroid dienone is 3. The first-order chi connectivity index (χ1) is 6.24. The van der Waals surface area contributed by atoms with Gasteiger partial charge in [-0.2, -0.15) is 0 Å². The Morgan fingerprint density at radius 2 is 2.38 bits per heavy atom. The van der Waals surface area contributed by atoms with Crippen LogP contribution in [0.2, 0.25) is 0 Å². The standard InChI is InChI=1S/C12H21N/c1-4-9-13-11(3)12-7-5-10(2)6-8-12/h5-7,11-13H,4,8-9H2,1-3H3. The third-order valence-electron chi connectivity index (χ3n) is 2.68. The Hall–Kier alpha value is -0.560. The van der Waals surface area contributed by atoms with Crippen LogP contribution >= 0.6 is 0 Å². The zero-order valence-electron chi connectivity index (χ0n) is 9.01. The van der Waals surface area contributed by atoms with E-state index in [2.05, 4.69) is 44.3 Å². The van der Waals surface area contributed by atoms with Crippen molar-refractivity contribution in [3.05, 3.63) is 23.8 Å². The summed E-state index contributed by atoms with van der Waals surface area (Å²) in [6.07, 6.45) is 9.31. The van der Waals surface area contributed by atoms with Crippen LogP contribution in [0.3, 0.4) is 0 Å². The fourth-order valence-electron chi connectivity index (χ4n) is 1.64. The molecule has 0 aromatic rings. The van der Waals surface area contributed by atoms with Crippen LogP contribution < -0.4 is 5.32 Å². The van der Waals surface area contributed by atoms with E-state index in [1.807, 2.05) is 0 Å². The molecule has 2 unspecified atom stereocenters. The molecule has 74 valence electrons. The van der Waals surface area contributed by atoms with Crippen LogP contribution in [-0.4, -0.2) is 12.6 Å². The van der Waals surface area contributed by atoms with E-state index in [0.29, 0.717) is 12.0 Å². The Bertz CT molecular complexity index is 203. The van der Waals surface area contributed by atoms with Crippen LogP contribution in [0.4, 0.5) is 0 Å². The Balaban J connectivity index is 2.33. The summed E-state index contributed by atoms with van der Waals surface area (Å²) in [4.78, 5) is 0. The minimum absolute atomic E-state index is 0.612. The van der Waals surface area contributed by atoms with E-state index in [9.17, 15) is 0 Å². The topological polar surface area (TPSA) is 12.0 Å². The smallest absolute Gasteiger partial charge is 0.0105 e. The van der Waals surface area contributed by atoms with Crippen molar-refractivity contribution in [1.82, 2.24) is 5.32 Å². The lowest BCUT2D eigenvalue weighted by molar-refractivity contribution is 0.435. The summed E-state index contributed by atoms with van der Waals surface area (Å²) in [7, 11) is 0. The quantitative estimate of drug-likeness (QED) is 0.699. The Labute approximate surface area is 81.9 Å². The highest BCUT2D eigenvalue weighted by Crippen LogP contribution is 2.18. The monoisotopic (exact) mass is 179 g/mol. The van der Waals surface area contributed by atoms with Crippen LogP contribution in [0.1, 0.15) is 33.6 Å². The summed E-state index contributed by atoms with van der Waals surface area (Å²) in [6.45, 7) is 7.78. The van der Waals surface area contributed by atoms with E-state index in [4.69, 9.17) is 0 Å². The fraction of sp³-hybridized carbons (Fsp3) is 0.667. The Kier molecular flexibility index (Phi) is 4.23. The summed E-state index contributed by atoms with van der Waals surface area (Å²) in [5, 5.41) is 3.54. The van der Waals surface area contributed by atoms with Gasteiger partial charge in [-0.1, -0.05) is 30.7 Å². The molecule has 0 aliphatic heterocycles. The molecule has 0 radical (unpaired) electrons. The maximum Gasteiger partial charge on any atom is 0.0105 e. The van der Waals surface area contributed by atoms with Crippen LogP contribution in [0.5, 0.6) is 0 Å². The van der Waals surface area contributed by atoms with Gasteiger partial charge in [-0.25, -0.2) is 0 Å². The van der Waals surface area contributed by atoms with Gasteiger partial charge in [-0.3, -0.25) is 0 Å². The Morgan fingerprint density at radius 1 is 1.62 bits per heavy atom. The van der Waals surface area contributed by atoms with Gasteiger partial charge in [0.15, 0.2) is 0 Å². The second-order valence-electron chi connectivity index (χ2n) is 3.95. The molecule has 1 heteroatoms. The lowest BCUT2D eigenvalue weighted by Crippen LogP contribution is -2.33. The van der Waals surface area contributed by atoms with Gasteiger partial charge in [-0.05, 0) is 39.2 Å². The first-order valence-electron chi connectivity index (χ1n) is 5.32. The summed E-state index contributed by atoms with van der Waals surface area (Å²) >= 11 is 0. The van der Waals surface area contributed by atoms with Gasteiger partial charge >= 0.3 is 0 Å². The molecule has 1 rings (SSSR count). The molecule has 1 N–H and O–H groups in total. The van der Waals surface area contributed by atoms with Gasteiger partial charge < -0.3 is 5.32 Å². The maximum atomic E-state index is 3.54. The zero-order valence-corrected chi connectivity index (χ0v) is 9.01. The number of hydrogen-bond donors (Lipinski definition) is 1. The van der Waals surface area contributed by atoms with Crippen LogP contribution in [-0.2, 0) is 0 Å². The van der Waals surface area contributed by atoms with Crippen LogP contribution in [0.15, 0.2) is 23.8 Å². The largest absolute Gasteiger partial charge is 0.314 e. The molecule has 0 amide bonds. The molecule has 0 saturated heterocycles. The number of hydrogen-bond acceptors (Lipinski definition) is 1. The normalized spacial score (nSPS) is 24.2. The SMILES string of the molecule is CCCNC(C)C1C=CC(C)=CC1. The molecule has 0 bridgehead atoms. The second kappa shape index (κ2) is 5.23. The fourth-order valence-corrected chi connectivity index (χ4v) is 1.64. The molecular weight excluding hydrogens is 158 g/mol. The van der Waals surface area contributed by atoms with E-state index in [1.165, 1.54) is 18.4 Å². The predicted octanol–water partition coefficient (Wildman–Crippen LogP) is 2.90. The molecule has 1 aliphatic rings. The van der Waals surface area contributed by atoms with Gasteiger partial charge in [0.25, 0.3) is 0 Å². The lowest BCUT2D eigenvalue weighted by atomic mass is 9.91. The molecular formula is C12H21N. The first kappa shape index (κ1) is 10.5. The van der Waals surface area contributed by atoms with Gasteiger partial charge in [0.1, 0.15) is 0 Å². The van der Waals surface area contributed by atoms with E-state index in [-0.39, 0.29) is 0 Å². The summed E-state index contributed by atoms with van der Waals surface area (Å²) in [5.41, 5.74) is 1.40. The molecule has 0 aromatic heterocycles. The van der Waals surface area contributed by atoms with E-state index in [1.54, 1.807) is 0 Å². The summed E-state index contributed by atoms with van der Waals surface area (Å²) < 4.78 is 0. The van der Waals surface area contributed by atoms with Crippen LogP contribution in [0.25, 0.3) is 0 Å². The van der Waals surface area contributed by atoms with Crippen molar-refractivity contribution < 1.29 is 0 Å². The molecule has 0 aromatic carbocycles. The first-order valence-corrected chi connectivity index (χ1v) is 5.32. The van der Waals surface area contributed by atoms with Gasteiger partial charge in [0, 0.05) is 6.04 Å². The van der Waals surface area contributed by atoms with E-state index >= 15 is 0 Å². The van der Waals surface area contributed by atoms with Crippen LogP contribution in [0, 0.1) is 5.92 Å². The van der Waals surface area contributed by atoms with E-state index < -0.39 is 0 Å². The molecule has 1 aliphatic carbocycles. The molecule has 0 heterocycles. The van der Waals surface area contributed by atoms with Crippen molar-refractivity contribution >= 4 is 0 Å². The van der Waals surface area contributed by atoms with Crippen molar-refractivity contribution in [3.63, 3.8) is 0 Å². The molecule has 0 fully saturated rings. The van der Waals surface area contributed by atoms with Crippen molar-refractivity contribution in [1.29, 1.82) is 0 Å². The number of rotatable bonds is 4. The maximum absolute atomic E-state index is 3.54. The summed E-state index contributed by atoms with van der Waals surface area (Å²) in [6, 6.07) is 0.612. The average molecular weight is 179 g/mol. The lowest BCUT2D eigenvalue weighted by Gasteiger charge is -2.23. The van der Waals surface area contributed by atoms with Gasteiger partial charge in [0.2, 0.25) is 0 Å². The van der Waals surface area contributed by atoms with Crippen molar-refractivity contribution in [2.75, 3.05) is 6.54 Å².